The first kappa shape index (κ1) is 6.44. The van der Waals surface area contributed by atoms with Crippen molar-refractivity contribution >= 4 is 19.0 Å². The van der Waals surface area contributed by atoms with Gasteiger partial charge in [-0.25, -0.2) is 0 Å². The Morgan fingerprint density at radius 1 is 1.33 bits per heavy atom. The van der Waals surface area contributed by atoms with Crippen LogP contribution in [-0.4, -0.2) is 23.0 Å². The molecule has 0 rings (SSSR count). The predicted molar refractivity (Wildman–Crippen MR) is 31.8 cm³/mol. The molecule has 1 nitrogen and oxygen atoms in total. The van der Waals surface area contributed by atoms with Crippen LogP contribution < -0.4 is 0 Å². The zero-order valence-electron chi connectivity index (χ0n) is 4.19. The molecule has 0 aliphatic carbocycles. The molecule has 0 heterocycles. The van der Waals surface area contributed by atoms with Crippen LogP contribution in [0.5, 0.6) is 0 Å². The van der Waals surface area contributed by atoms with Crippen molar-refractivity contribution in [3.63, 3.8) is 0 Å². The van der Waals surface area contributed by atoms with Crippen LogP contribution in [0.2, 0.25) is 0 Å². The van der Waals surface area contributed by atoms with E-state index in [0.29, 0.717) is 0 Å². The van der Waals surface area contributed by atoms with Crippen LogP contribution in [-0.2, 0) is 8.28 Å². The van der Waals surface area contributed by atoms with Crippen LogP contribution in [0.15, 0.2) is 0 Å². The second kappa shape index (κ2) is 0.984. The SMILES string of the molecule is CS(C)(C)(=O)Cl. The topological polar surface area (TPSA) is 17.1 Å². The highest BCUT2D eigenvalue weighted by Gasteiger charge is 2.09. The molecule has 40 valence electrons. The lowest BCUT2D eigenvalue weighted by Crippen LogP contribution is -2.16. The van der Waals surface area contributed by atoms with E-state index < -0.39 is 8.28 Å². The van der Waals surface area contributed by atoms with Crippen LogP contribution in [0.1, 0.15) is 0 Å². The first-order valence-electron chi connectivity index (χ1n) is 1.55. The van der Waals surface area contributed by atoms with Crippen molar-refractivity contribution in [2.75, 3.05) is 18.8 Å². The number of hydrogen-bond acceptors (Lipinski definition) is 1. The van der Waals surface area contributed by atoms with Gasteiger partial charge in [-0.15, -0.1) is 0 Å². The summed E-state index contributed by atoms with van der Waals surface area (Å²) in [7, 11) is 2.71. The van der Waals surface area contributed by atoms with Crippen molar-refractivity contribution in [1.82, 2.24) is 0 Å². The summed E-state index contributed by atoms with van der Waals surface area (Å²) in [4.78, 5) is 0. The van der Waals surface area contributed by atoms with Crippen molar-refractivity contribution < 1.29 is 4.21 Å². The summed E-state index contributed by atoms with van der Waals surface area (Å²) in [6.07, 6.45) is 4.58. The minimum absolute atomic E-state index is 1.53. The first-order chi connectivity index (χ1) is 2.24. The summed E-state index contributed by atoms with van der Waals surface area (Å²) in [6, 6.07) is 0. The lowest BCUT2D eigenvalue weighted by molar-refractivity contribution is 0.679. The number of rotatable bonds is 0. The molecular formula is C3H9ClOS. The minimum atomic E-state index is -2.63. The molecule has 0 aliphatic heterocycles. The first-order valence-corrected chi connectivity index (χ1v) is 5.56. The summed E-state index contributed by atoms with van der Waals surface area (Å²) in [5.74, 6) is 0. The van der Waals surface area contributed by atoms with Gasteiger partial charge in [0, 0.05) is 18.8 Å². The molecule has 0 aromatic rings. The molecule has 0 bridgehead atoms. The molecule has 3 heteroatoms. The quantitative estimate of drug-likeness (QED) is 0.442. The predicted octanol–water partition coefficient (Wildman–Crippen LogP) is 0.850. The average molecular weight is 129 g/mol. The third kappa shape index (κ3) is 271. The Morgan fingerprint density at radius 3 is 1.33 bits per heavy atom. The molecule has 0 aromatic carbocycles. The van der Waals surface area contributed by atoms with Crippen LogP contribution in [0.3, 0.4) is 0 Å². The van der Waals surface area contributed by atoms with E-state index in [9.17, 15) is 4.21 Å². The molecule has 0 atom stereocenters. The zero-order chi connectivity index (χ0) is 5.45. The van der Waals surface area contributed by atoms with Crippen LogP contribution in [0.25, 0.3) is 0 Å². The molecule has 0 saturated heterocycles. The van der Waals surface area contributed by atoms with Gasteiger partial charge >= 0.3 is 0 Å². The Kier molecular flexibility index (Phi) is 1.06. The van der Waals surface area contributed by atoms with Gasteiger partial charge in [0.1, 0.15) is 0 Å². The van der Waals surface area contributed by atoms with Gasteiger partial charge in [0.25, 0.3) is 0 Å². The maximum Gasteiger partial charge on any atom is 0.00397 e. The van der Waals surface area contributed by atoms with E-state index in [-0.39, 0.29) is 0 Å². The summed E-state index contributed by atoms with van der Waals surface area (Å²) in [5, 5.41) is 0. The molecule has 0 saturated carbocycles. The van der Waals surface area contributed by atoms with Gasteiger partial charge in [0.2, 0.25) is 0 Å². The highest BCUT2D eigenvalue weighted by molar-refractivity contribution is 8.36. The fraction of sp³-hybridized carbons (Fsp3) is 1.00. The largest absolute Gasteiger partial charge is 0.269 e. The molecule has 0 amide bonds. The van der Waals surface area contributed by atoms with E-state index in [1.807, 2.05) is 0 Å². The van der Waals surface area contributed by atoms with Crippen molar-refractivity contribution in [1.29, 1.82) is 0 Å². The van der Waals surface area contributed by atoms with Crippen molar-refractivity contribution in [3.8, 4) is 0 Å². The summed E-state index contributed by atoms with van der Waals surface area (Å²) >= 11 is 0. The second-order valence-electron chi connectivity index (χ2n) is 2.25. The van der Waals surface area contributed by atoms with E-state index in [2.05, 4.69) is 0 Å². The normalized spacial score (nSPS) is 19.0. The van der Waals surface area contributed by atoms with E-state index in [1.165, 1.54) is 18.8 Å². The van der Waals surface area contributed by atoms with Gasteiger partial charge in [-0.05, 0) is 19.0 Å². The standard InChI is InChI=1S/C3H9ClOS/c1-6(2,3,4)5/h1-3H3. The number of halogens is 1. The molecule has 0 aromatic heterocycles. The molecule has 0 radical (unpaired) electrons. The van der Waals surface area contributed by atoms with Gasteiger partial charge in [0.05, 0.1) is 0 Å². The van der Waals surface area contributed by atoms with Crippen molar-refractivity contribution in [2.24, 2.45) is 0 Å². The molecule has 0 aliphatic rings. The van der Waals surface area contributed by atoms with Crippen molar-refractivity contribution in [2.45, 2.75) is 0 Å². The summed E-state index contributed by atoms with van der Waals surface area (Å²) in [5.41, 5.74) is 0. The highest BCUT2D eigenvalue weighted by Crippen LogP contribution is 2.16. The van der Waals surface area contributed by atoms with Gasteiger partial charge in [0.15, 0.2) is 0 Å². The Bertz CT molecular complexity index is 88.5. The monoisotopic (exact) mass is 128 g/mol. The van der Waals surface area contributed by atoms with Gasteiger partial charge in [-0.2, -0.15) is 0 Å². The highest BCUT2D eigenvalue weighted by atomic mass is 35.7. The Hall–Kier alpha value is 0.440. The third-order valence-corrected chi connectivity index (χ3v) is 0. The van der Waals surface area contributed by atoms with E-state index >= 15 is 0 Å². The third-order valence-electron chi connectivity index (χ3n) is 0. The molecule has 0 unspecified atom stereocenters. The molecule has 0 fully saturated rings. The van der Waals surface area contributed by atoms with Crippen LogP contribution in [0, 0.1) is 0 Å². The Labute approximate surface area is 42.6 Å². The van der Waals surface area contributed by atoms with Crippen LogP contribution >= 0.6 is 10.7 Å². The maximum absolute atomic E-state index is 10.6. The molecule has 0 spiro atoms. The molecule has 6 heavy (non-hydrogen) atoms. The molecular weight excluding hydrogens is 120 g/mol. The fourth-order valence-corrected chi connectivity index (χ4v) is 0. The van der Waals surface area contributed by atoms with Gasteiger partial charge in [-0.1, -0.05) is 0 Å². The summed E-state index contributed by atoms with van der Waals surface area (Å²) < 4.78 is 10.6. The molecule has 0 N–H and O–H groups in total. The zero-order valence-corrected chi connectivity index (χ0v) is 5.77. The van der Waals surface area contributed by atoms with Crippen LogP contribution in [0.4, 0.5) is 0 Å². The van der Waals surface area contributed by atoms with E-state index in [1.54, 1.807) is 0 Å². The lowest BCUT2D eigenvalue weighted by atomic mass is 11.9. The van der Waals surface area contributed by atoms with Crippen molar-refractivity contribution in [3.05, 3.63) is 0 Å². The van der Waals surface area contributed by atoms with Gasteiger partial charge in [-0.3, -0.25) is 4.21 Å². The maximum atomic E-state index is 10.6. The average Bonchev–Trinajstić information content (AvgIpc) is 0.650. The van der Waals surface area contributed by atoms with E-state index in [0.717, 1.165) is 0 Å². The van der Waals surface area contributed by atoms with Gasteiger partial charge < -0.3 is 0 Å². The Morgan fingerprint density at radius 2 is 1.33 bits per heavy atom. The number of hydrogen-bond donors (Lipinski definition) is 0. The second-order valence-corrected chi connectivity index (χ2v) is 9.91. The smallest absolute Gasteiger partial charge is 0.00397 e. The lowest BCUT2D eigenvalue weighted by Gasteiger charge is -2.16. The summed E-state index contributed by atoms with van der Waals surface area (Å²) in [6.45, 7) is 0. The minimum Gasteiger partial charge on any atom is -0.269 e. The fourth-order valence-electron chi connectivity index (χ4n) is 0. The Balaban J connectivity index is 4.16. The van der Waals surface area contributed by atoms with E-state index in [4.69, 9.17) is 10.7 Å².